The van der Waals surface area contributed by atoms with Crippen LogP contribution in [0.4, 0.5) is 0 Å². The quantitative estimate of drug-likeness (QED) is 0.575. The zero-order valence-corrected chi connectivity index (χ0v) is 21.4. The third-order valence-electron chi connectivity index (χ3n) is 6.96. The lowest BCUT2D eigenvalue weighted by molar-refractivity contribution is -0.124. The standard InChI is InChI=1S/C28H32N4O5/c1-18-27(31(2)17-29-18)28(34)32-12-11-23-22(15-32)30-26(33)10-8-19-7-9-24(35-3)25(14-19)37-21-6-4-5-20(13-21)16-36-23/h4-7,9,13-14,17,22-23H,8,10-12,15-16H2,1-3H3,(H,30,33)/t22-,23+/m0/s1. The summed E-state index contributed by atoms with van der Waals surface area (Å²) in [6.45, 7) is 3.10. The van der Waals surface area contributed by atoms with E-state index < -0.39 is 0 Å². The third kappa shape index (κ3) is 5.46. The second-order valence-electron chi connectivity index (χ2n) is 9.59. The molecule has 3 heterocycles. The summed E-state index contributed by atoms with van der Waals surface area (Å²) in [5.41, 5.74) is 3.18. The maximum atomic E-state index is 13.3. The predicted octanol–water partition coefficient (Wildman–Crippen LogP) is 3.39. The number of aromatic nitrogens is 2. The molecular weight excluding hydrogens is 472 g/mol. The van der Waals surface area contributed by atoms with E-state index in [-0.39, 0.29) is 24.0 Å². The Kier molecular flexibility index (Phi) is 7.14. The Hall–Kier alpha value is -3.85. The van der Waals surface area contributed by atoms with Gasteiger partial charge in [-0.3, -0.25) is 9.59 Å². The normalized spacial score (nSPS) is 20.1. The highest BCUT2D eigenvalue weighted by Gasteiger charge is 2.35. The molecule has 4 bridgehead atoms. The smallest absolute Gasteiger partial charge is 0.272 e. The van der Waals surface area contributed by atoms with Crippen LogP contribution in [0.15, 0.2) is 48.8 Å². The van der Waals surface area contributed by atoms with Crippen LogP contribution >= 0.6 is 0 Å². The number of fused-ring (bicyclic) bond motifs is 5. The number of nitrogens with zero attached hydrogens (tertiary/aromatic N) is 3. The summed E-state index contributed by atoms with van der Waals surface area (Å²) in [5.74, 6) is 1.74. The molecule has 2 aliphatic heterocycles. The van der Waals surface area contributed by atoms with E-state index in [0.29, 0.717) is 67.6 Å². The first-order valence-corrected chi connectivity index (χ1v) is 12.5. The fourth-order valence-corrected chi connectivity index (χ4v) is 4.98. The highest BCUT2D eigenvalue weighted by Crippen LogP contribution is 2.33. The first-order chi connectivity index (χ1) is 17.9. The van der Waals surface area contributed by atoms with Crippen LogP contribution in [0.5, 0.6) is 17.2 Å². The number of methoxy groups -OCH3 is 1. The largest absolute Gasteiger partial charge is 0.493 e. The van der Waals surface area contributed by atoms with Gasteiger partial charge in [-0.15, -0.1) is 0 Å². The molecule has 9 heteroatoms. The van der Waals surface area contributed by atoms with E-state index >= 15 is 0 Å². The average molecular weight is 505 g/mol. The van der Waals surface area contributed by atoms with E-state index in [4.69, 9.17) is 14.2 Å². The molecule has 2 aromatic carbocycles. The number of benzene rings is 2. The van der Waals surface area contributed by atoms with Gasteiger partial charge in [-0.05, 0) is 55.2 Å². The lowest BCUT2D eigenvalue weighted by Gasteiger charge is -2.39. The number of ether oxygens (including phenoxy) is 3. The third-order valence-corrected chi connectivity index (χ3v) is 6.96. The SMILES string of the molecule is COc1ccc2cc1Oc1cccc(c1)CO[C@@H]1CCN(C(=O)c3c(C)ncn3C)C[C@@H]1NC(=O)CC2. The van der Waals surface area contributed by atoms with Crippen molar-refractivity contribution in [3.63, 3.8) is 0 Å². The molecule has 1 N–H and O–H groups in total. The predicted molar refractivity (Wildman–Crippen MR) is 137 cm³/mol. The van der Waals surface area contributed by atoms with Crippen molar-refractivity contribution in [1.29, 1.82) is 0 Å². The van der Waals surface area contributed by atoms with Crippen LogP contribution in [0.3, 0.4) is 0 Å². The van der Waals surface area contributed by atoms with Crippen LogP contribution in [0.25, 0.3) is 0 Å². The van der Waals surface area contributed by atoms with E-state index in [9.17, 15) is 9.59 Å². The van der Waals surface area contributed by atoms with E-state index in [1.165, 1.54) is 0 Å². The monoisotopic (exact) mass is 504 g/mol. The molecule has 1 saturated heterocycles. The Balaban J connectivity index is 1.40. The van der Waals surface area contributed by atoms with Crippen LogP contribution in [0, 0.1) is 6.92 Å². The minimum absolute atomic E-state index is 0.0849. The van der Waals surface area contributed by atoms with Gasteiger partial charge in [-0.25, -0.2) is 4.98 Å². The summed E-state index contributed by atoms with van der Waals surface area (Å²) in [7, 11) is 3.42. The number of aryl methyl sites for hydroxylation is 3. The molecule has 9 nitrogen and oxygen atoms in total. The van der Waals surface area contributed by atoms with Crippen LogP contribution in [0.1, 0.15) is 40.2 Å². The van der Waals surface area contributed by atoms with Gasteiger partial charge in [0.05, 0.1) is 37.9 Å². The minimum Gasteiger partial charge on any atom is -0.493 e. The highest BCUT2D eigenvalue weighted by atomic mass is 16.5. The second kappa shape index (κ2) is 10.6. The molecule has 1 aromatic heterocycles. The average Bonchev–Trinajstić information content (AvgIpc) is 3.23. The van der Waals surface area contributed by atoms with Crippen molar-refractivity contribution in [1.82, 2.24) is 19.8 Å². The van der Waals surface area contributed by atoms with Gasteiger partial charge < -0.3 is 29.0 Å². The number of rotatable bonds is 2. The van der Waals surface area contributed by atoms with Gasteiger partial charge in [0.1, 0.15) is 11.4 Å². The van der Waals surface area contributed by atoms with Gasteiger partial charge in [-0.1, -0.05) is 18.2 Å². The van der Waals surface area contributed by atoms with Gasteiger partial charge in [0.15, 0.2) is 11.5 Å². The fourth-order valence-electron chi connectivity index (χ4n) is 4.98. The number of amides is 2. The number of carbonyl (C=O) groups excluding carboxylic acids is 2. The molecule has 0 unspecified atom stereocenters. The van der Waals surface area contributed by atoms with Crippen molar-refractivity contribution in [3.05, 3.63) is 71.3 Å². The first-order valence-electron chi connectivity index (χ1n) is 12.5. The minimum atomic E-state index is -0.324. The molecule has 5 rings (SSSR count). The number of imidazole rings is 1. The highest BCUT2D eigenvalue weighted by molar-refractivity contribution is 5.93. The van der Waals surface area contributed by atoms with Crippen molar-refractivity contribution < 1.29 is 23.8 Å². The molecule has 2 aliphatic rings. The first kappa shape index (κ1) is 24.8. The number of nitrogens with one attached hydrogen (secondary N) is 1. The number of hydrogen-bond acceptors (Lipinski definition) is 6. The molecule has 0 spiro atoms. The maximum Gasteiger partial charge on any atom is 0.272 e. The Morgan fingerprint density at radius 3 is 2.81 bits per heavy atom. The molecule has 2 amide bonds. The molecule has 37 heavy (non-hydrogen) atoms. The Labute approximate surface area is 216 Å². The van der Waals surface area contributed by atoms with E-state index in [0.717, 1.165) is 11.1 Å². The molecular formula is C28H32N4O5. The van der Waals surface area contributed by atoms with E-state index in [1.54, 1.807) is 22.9 Å². The molecule has 2 atom stereocenters. The van der Waals surface area contributed by atoms with Crippen LogP contribution in [-0.4, -0.2) is 58.6 Å². The van der Waals surface area contributed by atoms with Gasteiger partial charge in [0, 0.05) is 26.6 Å². The lowest BCUT2D eigenvalue weighted by atomic mass is 10.0. The molecule has 0 radical (unpaired) electrons. The van der Waals surface area contributed by atoms with Gasteiger partial charge in [0.2, 0.25) is 5.91 Å². The van der Waals surface area contributed by atoms with Gasteiger partial charge >= 0.3 is 0 Å². The summed E-state index contributed by atoms with van der Waals surface area (Å²) in [4.78, 5) is 32.4. The molecule has 194 valence electrons. The fraction of sp³-hybridized carbons (Fsp3) is 0.393. The topological polar surface area (TPSA) is 94.9 Å². The summed E-state index contributed by atoms with van der Waals surface area (Å²) in [5, 5.41) is 3.15. The summed E-state index contributed by atoms with van der Waals surface area (Å²) in [6, 6.07) is 13.1. The molecule has 1 fully saturated rings. The summed E-state index contributed by atoms with van der Waals surface area (Å²) < 4.78 is 19.7. The van der Waals surface area contributed by atoms with Gasteiger partial charge in [0.25, 0.3) is 5.91 Å². The van der Waals surface area contributed by atoms with Crippen molar-refractivity contribution in [2.75, 3.05) is 20.2 Å². The number of carbonyl (C=O) groups is 2. The van der Waals surface area contributed by atoms with E-state index in [1.807, 2.05) is 56.4 Å². The Bertz CT molecular complexity index is 1280. The Morgan fingerprint density at radius 2 is 2.03 bits per heavy atom. The second-order valence-corrected chi connectivity index (χ2v) is 9.59. The number of piperidine rings is 1. The van der Waals surface area contributed by atoms with Crippen molar-refractivity contribution in [2.24, 2.45) is 7.05 Å². The zero-order valence-electron chi connectivity index (χ0n) is 21.4. The number of likely N-dealkylation sites (tertiary alicyclic amines) is 1. The lowest BCUT2D eigenvalue weighted by Crippen LogP contribution is -2.57. The molecule has 3 aromatic rings. The number of hydrogen-bond donors (Lipinski definition) is 1. The Morgan fingerprint density at radius 1 is 1.16 bits per heavy atom. The zero-order chi connectivity index (χ0) is 25.9. The van der Waals surface area contributed by atoms with Crippen molar-refractivity contribution in [2.45, 2.75) is 44.9 Å². The molecule has 0 saturated carbocycles. The molecule has 0 aliphatic carbocycles. The summed E-state index contributed by atoms with van der Waals surface area (Å²) >= 11 is 0. The van der Waals surface area contributed by atoms with Crippen LogP contribution < -0.4 is 14.8 Å². The van der Waals surface area contributed by atoms with Crippen molar-refractivity contribution >= 4 is 11.8 Å². The maximum absolute atomic E-state index is 13.3. The summed E-state index contributed by atoms with van der Waals surface area (Å²) in [6.07, 6.45) is 2.88. The van der Waals surface area contributed by atoms with Crippen molar-refractivity contribution in [3.8, 4) is 17.2 Å². The van der Waals surface area contributed by atoms with Crippen LogP contribution in [-0.2, 0) is 29.6 Å². The van der Waals surface area contributed by atoms with Crippen LogP contribution in [0.2, 0.25) is 0 Å². The van der Waals surface area contributed by atoms with E-state index in [2.05, 4.69) is 10.3 Å². The van der Waals surface area contributed by atoms with Gasteiger partial charge in [-0.2, -0.15) is 0 Å².